The minimum Gasteiger partial charge on any atom is -0.368 e. The van der Waals surface area contributed by atoms with Gasteiger partial charge in [-0.1, -0.05) is 6.07 Å². The molecule has 7 heteroatoms. The zero-order chi connectivity index (χ0) is 16.7. The molecule has 0 aliphatic carbocycles. The van der Waals surface area contributed by atoms with Crippen molar-refractivity contribution in [1.29, 1.82) is 0 Å². The largest absolute Gasteiger partial charge is 0.368 e. The number of nitrogens with zero attached hydrogens (tertiary/aromatic N) is 5. The summed E-state index contributed by atoms with van der Waals surface area (Å²) < 4.78 is 2.01. The lowest BCUT2D eigenvalue weighted by molar-refractivity contribution is 1.13. The van der Waals surface area contributed by atoms with Gasteiger partial charge in [-0.2, -0.15) is 0 Å². The molecule has 0 saturated carbocycles. The highest BCUT2D eigenvalue weighted by atomic mass is 79.9. The predicted octanol–water partition coefficient (Wildman–Crippen LogP) is 3.63. The maximum absolute atomic E-state index is 5.78. The van der Waals surface area contributed by atoms with Crippen molar-refractivity contribution in [3.8, 4) is 22.8 Å². The molecule has 0 bridgehead atoms. The Balaban J connectivity index is 0.00000182. The first-order chi connectivity index (χ1) is 11.6. The van der Waals surface area contributed by atoms with Crippen molar-refractivity contribution in [1.82, 2.24) is 24.3 Å². The monoisotopic (exact) mass is 396 g/mol. The molecule has 0 saturated heterocycles. The van der Waals surface area contributed by atoms with Gasteiger partial charge in [0.05, 0.1) is 11.4 Å². The average Bonchev–Trinajstić information content (AvgIpc) is 2.93. The minimum atomic E-state index is 0. The molecule has 0 fully saturated rings. The van der Waals surface area contributed by atoms with Crippen LogP contribution >= 0.6 is 17.0 Å². The standard InChI is InChI=1S/C18H16N6.BrH/c1-11-7-9-24-15(10-11)23-16(13-5-3-4-12(2)21-13)17(24)14-6-8-20-18(19)22-14;/h3-10H,1-2H3,(H2,19,20,22);1H. The fraction of sp³-hybridized carbons (Fsp3) is 0.111. The van der Waals surface area contributed by atoms with Crippen molar-refractivity contribution < 1.29 is 0 Å². The second-order valence-electron chi connectivity index (χ2n) is 5.71. The molecule has 0 aromatic carbocycles. The molecule has 126 valence electrons. The number of fused-ring (bicyclic) bond motifs is 1. The van der Waals surface area contributed by atoms with Crippen molar-refractivity contribution in [2.75, 3.05) is 5.73 Å². The van der Waals surface area contributed by atoms with E-state index >= 15 is 0 Å². The molecule has 0 radical (unpaired) electrons. The fourth-order valence-electron chi connectivity index (χ4n) is 2.75. The number of nitrogens with two attached hydrogens (primary N) is 1. The van der Waals surface area contributed by atoms with E-state index in [9.17, 15) is 0 Å². The van der Waals surface area contributed by atoms with Gasteiger partial charge in [0, 0.05) is 18.1 Å². The number of anilines is 1. The summed E-state index contributed by atoms with van der Waals surface area (Å²) in [6.45, 7) is 4.01. The Bertz CT molecular complexity index is 1060. The Morgan fingerprint density at radius 3 is 2.56 bits per heavy atom. The summed E-state index contributed by atoms with van der Waals surface area (Å²) in [7, 11) is 0. The summed E-state index contributed by atoms with van der Waals surface area (Å²) in [6, 6.07) is 11.8. The number of halogens is 1. The summed E-state index contributed by atoms with van der Waals surface area (Å²) in [5, 5.41) is 0. The summed E-state index contributed by atoms with van der Waals surface area (Å²) in [6.07, 6.45) is 3.64. The van der Waals surface area contributed by atoms with Gasteiger partial charge >= 0.3 is 0 Å². The van der Waals surface area contributed by atoms with Crippen LogP contribution in [0.15, 0.2) is 48.8 Å². The quantitative estimate of drug-likeness (QED) is 0.559. The van der Waals surface area contributed by atoms with Gasteiger partial charge in [0.25, 0.3) is 0 Å². The number of nitrogen functional groups attached to an aromatic ring is 1. The molecule has 0 spiro atoms. The topological polar surface area (TPSA) is 82.0 Å². The van der Waals surface area contributed by atoms with E-state index in [2.05, 4.69) is 15.0 Å². The van der Waals surface area contributed by atoms with Crippen LogP contribution in [0.3, 0.4) is 0 Å². The van der Waals surface area contributed by atoms with Gasteiger partial charge < -0.3 is 5.73 Å². The van der Waals surface area contributed by atoms with Crippen molar-refractivity contribution in [2.24, 2.45) is 0 Å². The van der Waals surface area contributed by atoms with Crippen LogP contribution in [0.5, 0.6) is 0 Å². The molecule has 4 aromatic rings. The lowest BCUT2D eigenvalue weighted by Crippen LogP contribution is -1.98. The van der Waals surface area contributed by atoms with Crippen LogP contribution in [0.2, 0.25) is 0 Å². The van der Waals surface area contributed by atoms with Crippen molar-refractivity contribution >= 4 is 28.6 Å². The SMILES string of the molecule is Br.Cc1ccn2c(-c3ccnc(N)n3)c(-c3cccc(C)n3)nc2c1. The van der Waals surface area contributed by atoms with Gasteiger partial charge in [0.2, 0.25) is 5.95 Å². The Hall–Kier alpha value is -2.80. The molecule has 0 aliphatic heterocycles. The van der Waals surface area contributed by atoms with Crippen molar-refractivity contribution in [3.05, 3.63) is 60.0 Å². The van der Waals surface area contributed by atoms with Crippen LogP contribution in [-0.2, 0) is 0 Å². The van der Waals surface area contributed by atoms with Gasteiger partial charge in [-0.3, -0.25) is 9.38 Å². The maximum atomic E-state index is 5.78. The summed E-state index contributed by atoms with van der Waals surface area (Å²) in [5.41, 5.74) is 11.9. The molecule has 0 unspecified atom stereocenters. The maximum Gasteiger partial charge on any atom is 0.220 e. The number of hydrogen-bond acceptors (Lipinski definition) is 5. The van der Waals surface area contributed by atoms with Crippen LogP contribution in [-0.4, -0.2) is 24.3 Å². The third-order valence-corrected chi connectivity index (χ3v) is 3.83. The van der Waals surface area contributed by atoms with Crippen LogP contribution < -0.4 is 5.73 Å². The molecule has 0 atom stereocenters. The zero-order valence-corrected chi connectivity index (χ0v) is 15.6. The van der Waals surface area contributed by atoms with Gasteiger partial charge in [0.1, 0.15) is 17.0 Å². The summed E-state index contributed by atoms with van der Waals surface area (Å²) >= 11 is 0. The molecular weight excluding hydrogens is 380 g/mol. The van der Waals surface area contributed by atoms with Gasteiger partial charge in [-0.15, -0.1) is 17.0 Å². The molecule has 4 rings (SSSR count). The second kappa shape index (κ2) is 6.60. The third kappa shape index (κ3) is 3.10. The first kappa shape index (κ1) is 17.0. The van der Waals surface area contributed by atoms with E-state index in [4.69, 9.17) is 10.7 Å². The normalized spacial score (nSPS) is 10.6. The van der Waals surface area contributed by atoms with Crippen LogP contribution in [0.1, 0.15) is 11.3 Å². The van der Waals surface area contributed by atoms with E-state index in [0.717, 1.165) is 39.7 Å². The lowest BCUT2D eigenvalue weighted by Gasteiger charge is -2.05. The highest BCUT2D eigenvalue weighted by Gasteiger charge is 2.18. The van der Waals surface area contributed by atoms with Gasteiger partial charge in [0.15, 0.2) is 0 Å². The van der Waals surface area contributed by atoms with E-state index in [1.54, 1.807) is 6.20 Å². The predicted molar refractivity (Wildman–Crippen MR) is 104 cm³/mol. The van der Waals surface area contributed by atoms with E-state index in [0.29, 0.717) is 0 Å². The Morgan fingerprint density at radius 1 is 0.960 bits per heavy atom. The molecule has 4 heterocycles. The third-order valence-electron chi connectivity index (χ3n) is 3.83. The average molecular weight is 397 g/mol. The summed E-state index contributed by atoms with van der Waals surface area (Å²) in [4.78, 5) is 17.8. The van der Waals surface area contributed by atoms with Crippen LogP contribution in [0.25, 0.3) is 28.4 Å². The van der Waals surface area contributed by atoms with Crippen molar-refractivity contribution in [3.63, 3.8) is 0 Å². The highest BCUT2D eigenvalue weighted by Crippen LogP contribution is 2.31. The Kier molecular flexibility index (Phi) is 4.50. The molecule has 2 N–H and O–H groups in total. The number of aryl methyl sites for hydroxylation is 2. The highest BCUT2D eigenvalue weighted by molar-refractivity contribution is 8.93. The number of imidazole rings is 1. The van der Waals surface area contributed by atoms with Gasteiger partial charge in [-0.25, -0.2) is 15.0 Å². The van der Waals surface area contributed by atoms with E-state index < -0.39 is 0 Å². The Labute approximate surface area is 155 Å². The summed E-state index contributed by atoms with van der Waals surface area (Å²) in [5.74, 6) is 0.234. The smallest absolute Gasteiger partial charge is 0.220 e. The molecule has 0 aliphatic rings. The number of hydrogen-bond donors (Lipinski definition) is 1. The molecule has 4 aromatic heterocycles. The zero-order valence-electron chi connectivity index (χ0n) is 13.8. The van der Waals surface area contributed by atoms with Gasteiger partial charge in [-0.05, 0) is 49.7 Å². The van der Waals surface area contributed by atoms with E-state index in [-0.39, 0.29) is 22.9 Å². The number of aromatic nitrogens is 5. The molecule has 25 heavy (non-hydrogen) atoms. The fourth-order valence-corrected chi connectivity index (χ4v) is 2.75. The molecule has 0 amide bonds. The minimum absolute atomic E-state index is 0. The number of pyridine rings is 2. The van der Waals surface area contributed by atoms with E-state index in [1.165, 1.54) is 0 Å². The molecular formula is C18H17BrN6. The van der Waals surface area contributed by atoms with Crippen LogP contribution in [0.4, 0.5) is 5.95 Å². The molecule has 6 nitrogen and oxygen atoms in total. The number of rotatable bonds is 2. The van der Waals surface area contributed by atoms with E-state index in [1.807, 2.05) is 60.8 Å². The Morgan fingerprint density at radius 2 is 1.80 bits per heavy atom. The first-order valence-electron chi connectivity index (χ1n) is 7.63. The van der Waals surface area contributed by atoms with Crippen molar-refractivity contribution in [2.45, 2.75) is 13.8 Å². The first-order valence-corrected chi connectivity index (χ1v) is 7.63. The lowest BCUT2D eigenvalue weighted by atomic mass is 10.1. The van der Waals surface area contributed by atoms with Crippen LogP contribution in [0, 0.1) is 13.8 Å². The second-order valence-corrected chi connectivity index (χ2v) is 5.71.